The number of rotatable bonds is 8. The van der Waals surface area contributed by atoms with E-state index in [0.717, 1.165) is 19.4 Å². The Kier molecular flexibility index (Phi) is 7.62. The molecule has 1 aromatic rings. The number of halogens is 2. The van der Waals surface area contributed by atoms with Crippen LogP contribution >= 0.6 is 15.9 Å². The molecule has 0 spiro atoms. The largest absolute Gasteiger partial charge is 0.314 e. The summed E-state index contributed by atoms with van der Waals surface area (Å²) in [6.07, 6.45) is 4.49. The maximum atomic E-state index is 13.1. The van der Waals surface area contributed by atoms with Crippen LogP contribution in [0.5, 0.6) is 0 Å². The quantitative estimate of drug-likeness (QED) is 0.712. The van der Waals surface area contributed by atoms with Crippen molar-refractivity contribution in [3.05, 3.63) is 34.1 Å². The highest BCUT2D eigenvalue weighted by Crippen LogP contribution is 2.19. The first-order valence-electron chi connectivity index (χ1n) is 7.22. The van der Waals surface area contributed by atoms with Gasteiger partial charge in [-0.2, -0.15) is 0 Å². The zero-order valence-corrected chi connectivity index (χ0v) is 13.8. The molecule has 0 saturated carbocycles. The van der Waals surface area contributed by atoms with E-state index in [1.165, 1.54) is 24.5 Å². The van der Waals surface area contributed by atoms with Crippen molar-refractivity contribution in [2.75, 3.05) is 6.54 Å². The Bertz CT molecular complexity index is 379. The summed E-state index contributed by atoms with van der Waals surface area (Å²) in [6, 6.07) is 5.89. The number of nitrogens with one attached hydrogen (secondary N) is 1. The molecule has 0 aliphatic heterocycles. The fraction of sp³-hybridized carbons (Fsp3) is 0.625. The first-order valence-corrected chi connectivity index (χ1v) is 8.01. The van der Waals surface area contributed by atoms with Gasteiger partial charge in [-0.1, -0.05) is 26.8 Å². The Morgan fingerprint density at radius 3 is 2.63 bits per heavy atom. The average molecular weight is 330 g/mol. The molecule has 108 valence electrons. The second-order valence-corrected chi connectivity index (χ2v) is 6.30. The number of aryl methyl sites for hydroxylation is 1. The minimum absolute atomic E-state index is 0.187. The zero-order chi connectivity index (χ0) is 14.3. The van der Waals surface area contributed by atoms with Crippen LogP contribution in [0.25, 0.3) is 0 Å². The SMILES string of the molecule is CCCNC(CCCc1ccc(F)c(Br)c1)C(C)C. The highest BCUT2D eigenvalue weighted by atomic mass is 79.9. The van der Waals surface area contributed by atoms with Crippen molar-refractivity contribution in [3.8, 4) is 0 Å². The molecule has 1 atom stereocenters. The molecule has 0 aliphatic carbocycles. The van der Waals surface area contributed by atoms with Gasteiger partial charge in [0.2, 0.25) is 0 Å². The van der Waals surface area contributed by atoms with Crippen LogP contribution in [0.2, 0.25) is 0 Å². The van der Waals surface area contributed by atoms with Gasteiger partial charge < -0.3 is 5.32 Å². The minimum atomic E-state index is -0.187. The molecule has 1 aromatic carbocycles. The lowest BCUT2D eigenvalue weighted by Gasteiger charge is -2.22. The van der Waals surface area contributed by atoms with Gasteiger partial charge in [-0.15, -0.1) is 0 Å². The summed E-state index contributed by atoms with van der Waals surface area (Å²) >= 11 is 3.24. The Morgan fingerprint density at radius 1 is 1.32 bits per heavy atom. The average Bonchev–Trinajstić information content (AvgIpc) is 2.37. The van der Waals surface area contributed by atoms with Gasteiger partial charge in [-0.3, -0.25) is 0 Å². The van der Waals surface area contributed by atoms with E-state index in [4.69, 9.17) is 0 Å². The van der Waals surface area contributed by atoms with Gasteiger partial charge in [0.25, 0.3) is 0 Å². The van der Waals surface area contributed by atoms with E-state index >= 15 is 0 Å². The molecular formula is C16H25BrFN. The normalized spacial score (nSPS) is 12.9. The smallest absolute Gasteiger partial charge is 0.137 e. The van der Waals surface area contributed by atoms with E-state index in [2.05, 4.69) is 42.0 Å². The fourth-order valence-corrected chi connectivity index (χ4v) is 2.65. The number of benzene rings is 1. The molecule has 0 bridgehead atoms. The van der Waals surface area contributed by atoms with Crippen LogP contribution in [0, 0.1) is 11.7 Å². The van der Waals surface area contributed by atoms with Crippen LogP contribution in [0.1, 0.15) is 45.6 Å². The van der Waals surface area contributed by atoms with Crippen molar-refractivity contribution in [2.45, 2.75) is 52.5 Å². The van der Waals surface area contributed by atoms with Gasteiger partial charge in [0.1, 0.15) is 5.82 Å². The minimum Gasteiger partial charge on any atom is -0.314 e. The van der Waals surface area contributed by atoms with Crippen molar-refractivity contribution in [1.29, 1.82) is 0 Å². The van der Waals surface area contributed by atoms with Crippen LogP contribution in [0.3, 0.4) is 0 Å². The summed E-state index contributed by atoms with van der Waals surface area (Å²) < 4.78 is 13.7. The molecular weight excluding hydrogens is 305 g/mol. The lowest BCUT2D eigenvalue weighted by Crippen LogP contribution is -2.34. The third kappa shape index (κ3) is 6.05. The highest BCUT2D eigenvalue weighted by molar-refractivity contribution is 9.10. The summed E-state index contributed by atoms with van der Waals surface area (Å²) in [6.45, 7) is 7.81. The summed E-state index contributed by atoms with van der Waals surface area (Å²) in [5.74, 6) is 0.472. The van der Waals surface area contributed by atoms with E-state index in [1.807, 2.05) is 12.1 Å². The Morgan fingerprint density at radius 2 is 2.05 bits per heavy atom. The van der Waals surface area contributed by atoms with E-state index in [1.54, 1.807) is 0 Å². The van der Waals surface area contributed by atoms with E-state index in [0.29, 0.717) is 16.4 Å². The number of hydrogen-bond donors (Lipinski definition) is 1. The molecule has 0 fully saturated rings. The maximum absolute atomic E-state index is 13.1. The van der Waals surface area contributed by atoms with Crippen molar-refractivity contribution >= 4 is 15.9 Å². The molecule has 0 radical (unpaired) electrons. The van der Waals surface area contributed by atoms with Crippen molar-refractivity contribution in [1.82, 2.24) is 5.32 Å². The van der Waals surface area contributed by atoms with Gasteiger partial charge >= 0.3 is 0 Å². The second kappa shape index (κ2) is 8.70. The van der Waals surface area contributed by atoms with Crippen LogP contribution in [0.4, 0.5) is 4.39 Å². The summed E-state index contributed by atoms with van der Waals surface area (Å²) in [4.78, 5) is 0. The van der Waals surface area contributed by atoms with Crippen LogP contribution in [0.15, 0.2) is 22.7 Å². The number of hydrogen-bond acceptors (Lipinski definition) is 1. The maximum Gasteiger partial charge on any atom is 0.137 e. The molecule has 0 aliphatic rings. The van der Waals surface area contributed by atoms with Gasteiger partial charge in [0, 0.05) is 6.04 Å². The Labute approximate surface area is 125 Å². The van der Waals surface area contributed by atoms with Crippen LogP contribution in [-0.4, -0.2) is 12.6 Å². The predicted molar refractivity (Wildman–Crippen MR) is 84.0 cm³/mol. The molecule has 0 heterocycles. The molecule has 19 heavy (non-hydrogen) atoms. The van der Waals surface area contributed by atoms with Crippen molar-refractivity contribution in [3.63, 3.8) is 0 Å². The summed E-state index contributed by atoms with van der Waals surface area (Å²) in [5.41, 5.74) is 1.20. The molecule has 1 nitrogen and oxygen atoms in total. The lowest BCUT2D eigenvalue weighted by atomic mass is 9.96. The fourth-order valence-electron chi connectivity index (χ4n) is 2.22. The third-order valence-corrected chi connectivity index (χ3v) is 4.03. The Hall–Kier alpha value is -0.410. The molecule has 0 saturated heterocycles. The summed E-state index contributed by atoms with van der Waals surface area (Å²) in [5, 5.41) is 3.61. The second-order valence-electron chi connectivity index (χ2n) is 5.45. The van der Waals surface area contributed by atoms with Gasteiger partial charge in [0.15, 0.2) is 0 Å². The highest BCUT2D eigenvalue weighted by Gasteiger charge is 2.11. The van der Waals surface area contributed by atoms with Crippen LogP contribution in [-0.2, 0) is 6.42 Å². The van der Waals surface area contributed by atoms with Crippen molar-refractivity contribution < 1.29 is 4.39 Å². The first kappa shape index (κ1) is 16.6. The van der Waals surface area contributed by atoms with E-state index in [-0.39, 0.29) is 5.82 Å². The summed E-state index contributed by atoms with van der Waals surface area (Å²) in [7, 11) is 0. The van der Waals surface area contributed by atoms with E-state index < -0.39 is 0 Å². The first-order chi connectivity index (χ1) is 9.04. The molecule has 0 aromatic heterocycles. The van der Waals surface area contributed by atoms with Crippen LogP contribution < -0.4 is 5.32 Å². The van der Waals surface area contributed by atoms with Gasteiger partial charge in [-0.05, 0) is 71.8 Å². The Balaban J connectivity index is 2.40. The van der Waals surface area contributed by atoms with Gasteiger partial charge in [-0.25, -0.2) is 4.39 Å². The van der Waals surface area contributed by atoms with Gasteiger partial charge in [0.05, 0.1) is 4.47 Å². The molecule has 1 unspecified atom stereocenters. The predicted octanol–water partition coefficient (Wildman–Crippen LogP) is 4.94. The lowest BCUT2D eigenvalue weighted by molar-refractivity contribution is 0.370. The molecule has 0 amide bonds. The van der Waals surface area contributed by atoms with E-state index in [9.17, 15) is 4.39 Å². The molecule has 3 heteroatoms. The third-order valence-electron chi connectivity index (χ3n) is 3.43. The zero-order valence-electron chi connectivity index (χ0n) is 12.2. The van der Waals surface area contributed by atoms with Crippen molar-refractivity contribution in [2.24, 2.45) is 5.92 Å². The molecule has 1 rings (SSSR count). The molecule has 1 N–H and O–H groups in total. The topological polar surface area (TPSA) is 12.0 Å². The standard InChI is InChI=1S/C16H25BrFN/c1-4-10-19-16(12(2)3)7-5-6-13-8-9-15(18)14(17)11-13/h8-9,11-12,16,19H,4-7,10H2,1-3H3. The monoisotopic (exact) mass is 329 g/mol.